The lowest BCUT2D eigenvalue weighted by Crippen LogP contribution is -2.31. The summed E-state index contributed by atoms with van der Waals surface area (Å²) < 4.78 is 2.32. The molecule has 2 aromatic heterocycles. The molecule has 0 N–H and O–H groups in total. The van der Waals surface area contributed by atoms with Crippen LogP contribution in [0.1, 0.15) is 22.7 Å². The van der Waals surface area contributed by atoms with Crippen LogP contribution in [0.2, 0.25) is 0 Å². The summed E-state index contributed by atoms with van der Waals surface area (Å²) in [6.45, 7) is 5.59. The second kappa shape index (κ2) is 5.47. The number of aromatic nitrogens is 2. The van der Waals surface area contributed by atoms with Gasteiger partial charge < -0.3 is 9.47 Å². The molecule has 1 aliphatic rings. The third-order valence-electron chi connectivity index (χ3n) is 3.98. The van der Waals surface area contributed by atoms with Crippen molar-refractivity contribution in [2.24, 2.45) is 5.92 Å². The Bertz CT molecular complexity index is 543. The Balaban J connectivity index is 1.56. The minimum absolute atomic E-state index is 0.756. The van der Waals surface area contributed by atoms with Crippen molar-refractivity contribution >= 4 is 11.3 Å². The lowest BCUT2D eigenvalue weighted by atomic mass is 9.99. The molecule has 0 saturated carbocycles. The maximum Gasteiger partial charge on any atom is 0.108 e. The number of aryl methyl sites for hydroxylation is 2. The van der Waals surface area contributed by atoms with Crippen molar-refractivity contribution in [3.05, 3.63) is 40.1 Å². The number of fused-ring (bicyclic) bond motifs is 1. The number of imidazole rings is 1. The quantitative estimate of drug-likeness (QED) is 0.855. The van der Waals surface area contributed by atoms with Crippen LogP contribution in [0.5, 0.6) is 0 Å². The van der Waals surface area contributed by atoms with Crippen LogP contribution in [0, 0.1) is 12.8 Å². The van der Waals surface area contributed by atoms with Gasteiger partial charge in [0.15, 0.2) is 0 Å². The molecule has 3 rings (SSSR count). The predicted molar refractivity (Wildman–Crippen MR) is 79.4 cm³/mol. The first kappa shape index (κ1) is 12.9. The molecule has 102 valence electrons. The van der Waals surface area contributed by atoms with Crippen LogP contribution in [-0.4, -0.2) is 28.0 Å². The molecule has 0 aromatic carbocycles. The summed E-state index contributed by atoms with van der Waals surface area (Å²) in [6.07, 6.45) is 6.44. The molecular formula is C15H21N3S. The molecule has 19 heavy (non-hydrogen) atoms. The van der Waals surface area contributed by atoms with E-state index in [1.165, 1.54) is 29.2 Å². The van der Waals surface area contributed by atoms with Gasteiger partial charge >= 0.3 is 0 Å². The molecule has 0 aliphatic carbocycles. The van der Waals surface area contributed by atoms with Crippen LogP contribution < -0.4 is 0 Å². The molecule has 1 unspecified atom stereocenters. The topological polar surface area (TPSA) is 21.1 Å². The largest absolute Gasteiger partial charge is 0.335 e. The number of hydrogen-bond donors (Lipinski definition) is 0. The van der Waals surface area contributed by atoms with Gasteiger partial charge in [-0.25, -0.2) is 4.98 Å². The Morgan fingerprint density at radius 3 is 3.21 bits per heavy atom. The Morgan fingerprint density at radius 2 is 2.42 bits per heavy atom. The predicted octanol–water partition coefficient (Wildman–Crippen LogP) is 2.95. The smallest absolute Gasteiger partial charge is 0.108 e. The monoisotopic (exact) mass is 275 g/mol. The van der Waals surface area contributed by atoms with Crippen LogP contribution in [0.4, 0.5) is 0 Å². The van der Waals surface area contributed by atoms with Gasteiger partial charge in [-0.15, -0.1) is 11.3 Å². The Hall–Kier alpha value is -1.13. The van der Waals surface area contributed by atoms with E-state index >= 15 is 0 Å². The van der Waals surface area contributed by atoms with Crippen molar-refractivity contribution < 1.29 is 0 Å². The zero-order chi connectivity index (χ0) is 13.2. The van der Waals surface area contributed by atoms with E-state index in [2.05, 4.69) is 46.1 Å². The van der Waals surface area contributed by atoms with Gasteiger partial charge in [-0.2, -0.15) is 0 Å². The van der Waals surface area contributed by atoms with Gasteiger partial charge in [-0.05, 0) is 43.3 Å². The second-order valence-corrected chi connectivity index (χ2v) is 6.62. The van der Waals surface area contributed by atoms with E-state index in [-0.39, 0.29) is 0 Å². The van der Waals surface area contributed by atoms with Crippen molar-refractivity contribution in [2.75, 3.05) is 13.6 Å². The normalized spacial score (nSPS) is 18.8. The molecule has 0 bridgehead atoms. The number of nitrogens with zero attached hydrogens (tertiary/aromatic N) is 3. The fourth-order valence-electron chi connectivity index (χ4n) is 2.90. The SMILES string of the molecule is Cc1ccsc1CN(C)CC1CCc2nccn2C1. The molecule has 1 atom stereocenters. The minimum Gasteiger partial charge on any atom is -0.335 e. The second-order valence-electron chi connectivity index (χ2n) is 5.62. The molecule has 4 heteroatoms. The first-order chi connectivity index (χ1) is 9.22. The average Bonchev–Trinajstić information content (AvgIpc) is 2.98. The lowest BCUT2D eigenvalue weighted by Gasteiger charge is -2.28. The van der Waals surface area contributed by atoms with Gasteiger partial charge in [0.2, 0.25) is 0 Å². The van der Waals surface area contributed by atoms with E-state index in [0.717, 1.165) is 25.4 Å². The fourth-order valence-corrected chi connectivity index (χ4v) is 3.89. The summed E-state index contributed by atoms with van der Waals surface area (Å²) in [5, 5.41) is 2.19. The third kappa shape index (κ3) is 2.90. The van der Waals surface area contributed by atoms with Crippen LogP contribution in [-0.2, 0) is 19.5 Å². The van der Waals surface area contributed by atoms with E-state index < -0.39 is 0 Å². The summed E-state index contributed by atoms with van der Waals surface area (Å²) in [5.41, 5.74) is 1.43. The summed E-state index contributed by atoms with van der Waals surface area (Å²) in [5.74, 6) is 2.01. The van der Waals surface area contributed by atoms with Gasteiger partial charge in [0, 0.05) is 43.3 Å². The molecule has 0 fully saturated rings. The number of hydrogen-bond acceptors (Lipinski definition) is 3. The number of thiophene rings is 1. The van der Waals surface area contributed by atoms with E-state index in [1.54, 1.807) is 0 Å². The van der Waals surface area contributed by atoms with Gasteiger partial charge in [-0.3, -0.25) is 0 Å². The van der Waals surface area contributed by atoms with E-state index in [9.17, 15) is 0 Å². The van der Waals surface area contributed by atoms with Gasteiger partial charge in [0.05, 0.1) is 0 Å². The van der Waals surface area contributed by atoms with Gasteiger partial charge in [-0.1, -0.05) is 0 Å². The third-order valence-corrected chi connectivity index (χ3v) is 4.99. The maximum absolute atomic E-state index is 4.39. The van der Waals surface area contributed by atoms with Crippen molar-refractivity contribution in [3.8, 4) is 0 Å². The molecule has 3 heterocycles. The summed E-state index contributed by atoms with van der Waals surface area (Å²) >= 11 is 1.87. The molecular weight excluding hydrogens is 254 g/mol. The maximum atomic E-state index is 4.39. The first-order valence-electron chi connectivity index (χ1n) is 6.94. The summed E-state index contributed by atoms with van der Waals surface area (Å²) in [6, 6.07) is 2.21. The van der Waals surface area contributed by atoms with Crippen LogP contribution >= 0.6 is 11.3 Å². The Kier molecular flexibility index (Phi) is 3.71. The molecule has 0 radical (unpaired) electrons. The molecule has 1 aliphatic heterocycles. The van der Waals surface area contributed by atoms with E-state index in [0.29, 0.717) is 0 Å². The molecule has 0 saturated heterocycles. The van der Waals surface area contributed by atoms with Gasteiger partial charge in [0.25, 0.3) is 0 Å². The number of rotatable bonds is 4. The molecule has 0 spiro atoms. The Labute approximate surface area is 118 Å². The van der Waals surface area contributed by atoms with Crippen LogP contribution in [0.3, 0.4) is 0 Å². The van der Waals surface area contributed by atoms with Crippen molar-refractivity contribution in [1.29, 1.82) is 0 Å². The van der Waals surface area contributed by atoms with E-state index in [4.69, 9.17) is 0 Å². The first-order valence-corrected chi connectivity index (χ1v) is 7.82. The van der Waals surface area contributed by atoms with Gasteiger partial charge in [0.1, 0.15) is 5.82 Å². The van der Waals surface area contributed by atoms with E-state index in [1.807, 2.05) is 17.5 Å². The highest BCUT2D eigenvalue weighted by Crippen LogP contribution is 2.22. The molecule has 3 nitrogen and oxygen atoms in total. The van der Waals surface area contributed by atoms with Crippen LogP contribution in [0.15, 0.2) is 23.8 Å². The lowest BCUT2D eigenvalue weighted by molar-refractivity contribution is 0.230. The summed E-state index contributed by atoms with van der Waals surface area (Å²) in [4.78, 5) is 8.36. The standard InChI is InChI=1S/C15H21N3S/c1-12-5-8-19-14(12)11-17(2)9-13-3-4-15-16-6-7-18(15)10-13/h5-8,13H,3-4,9-11H2,1-2H3. The zero-order valence-corrected chi connectivity index (χ0v) is 12.5. The molecule has 0 amide bonds. The molecule has 2 aromatic rings. The minimum atomic E-state index is 0.756. The highest BCUT2D eigenvalue weighted by Gasteiger charge is 2.20. The van der Waals surface area contributed by atoms with Crippen molar-refractivity contribution in [2.45, 2.75) is 32.9 Å². The Morgan fingerprint density at radius 1 is 1.53 bits per heavy atom. The van der Waals surface area contributed by atoms with Crippen molar-refractivity contribution in [1.82, 2.24) is 14.5 Å². The summed E-state index contributed by atoms with van der Waals surface area (Å²) in [7, 11) is 2.24. The average molecular weight is 275 g/mol. The highest BCUT2D eigenvalue weighted by molar-refractivity contribution is 7.10. The zero-order valence-electron chi connectivity index (χ0n) is 11.7. The van der Waals surface area contributed by atoms with Crippen LogP contribution in [0.25, 0.3) is 0 Å². The highest BCUT2D eigenvalue weighted by atomic mass is 32.1. The fraction of sp³-hybridized carbons (Fsp3) is 0.533. The van der Waals surface area contributed by atoms with Crippen molar-refractivity contribution in [3.63, 3.8) is 0 Å².